The largest absolute Gasteiger partial charge is 0.373 e. The first kappa shape index (κ1) is 14.1. The molecule has 20 heavy (non-hydrogen) atoms. The van der Waals surface area contributed by atoms with Gasteiger partial charge in [-0.1, -0.05) is 25.1 Å². The minimum Gasteiger partial charge on any atom is -0.373 e. The molecular weight excluding hydrogens is 266 g/mol. The van der Waals surface area contributed by atoms with E-state index in [0.29, 0.717) is 18.2 Å². The normalized spacial score (nSPS) is 24.3. The summed E-state index contributed by atoms with van der Waals surface area (Å²) in [6.07, 6.45) is 4.20. The van der Waals surface area contributed by atoms with E-state index in [1.54, 1.807) is 0 Å². The Morgan fingerprint density at radius 3 is 2.95 bits per heavy atom. The molecule has 0 bridgehead atoms. The van der Waals surface area contributed by atoms with Crippen LogP contribution >= 0.6 is 11.3 Å². The first-order chi connectivity index (χ1) is 9.79. The second-order valence-corrected chi connectivity index (χ2v) is 6.59. The van der Waals surface area contributed by atoms with Crippen LogP contribution in [-0.2, 0) is 4.74 Å². The molecule has 2 nitrogen and oxygen atoms in total. The Morgan fingerprint density at radius 1 is 1.35 bits per heavy atom. The van der Waals surface area contributed by atoms with Crippen molar-refractivity contribution >= 4 is 21.4 Å². The number of thiophene rings is 1. The first-order valence-electron chi connectivity index (χ1n) is 7.64. The molecule has 0 aliphatic carbocycles. The van der Waals surface area contributed by atoms with Gasteiger partial charge in [0.25, 0.3) is 0 Å². The monoisotopic (exact) mass is 289 g/mol. The van der Waals surface area contributed by atoms with Crippen LogP contribution in [0.4, 0.5) is 0 Å². The number of benzene rings is 1. The van der Waals surface area contributed by atoms with Crippen LogP contribution in [0.15, 0.2) is 29.6 Å². The molecule has 0 spiro atoms. The van der Waals surface area contributed by atoms with Crippen LogP contribution in [0.25, 0.3) is 10.1 Å². The average molecular weight is 289 g/mol. The molecule has 1 aliphatic heterocycles. The summed E-state index contributed by atoms with van der Waals surface area (Å²) in [7, 11) is 0. The standard InChI is InChI=1S/C17H23NOS/c1-3-10-18-17(15-9-8-12(2)19-15)14-11-20-16-7-5-4-6-13(14)16/h4-7,11-12,15,17-18H,3,8-10H2,1-2H3. The molecule has 3 heteroatoms. The lowest BCUT2D eigenvalue weighted by Gasteiger charge is -2.25. The van der Waals surface area contributed by atoms with Crippen LogP contribution in [0.2, 0.25) is 0 Å². The van der Waals surface area contributed by atoms with Gasteiger partial charge in [-0.15, -0.1) is 11.3 Å². The van der Waals surface area contributed by atoms with Gasteiger partial charge in [0.2, 0.25) is 0 Å². The number of hydrogen-bond donors (Lipinski definition) is 1. The van der Waals surface area contributed by atoms with Crippen molar-refractivity contribution in [3.63, 3.8) is 0 Å². The summed E-state index contributed by atoms with van der Waals surface area (Å²) >= 11 is 1.84. The van der Waals surface area contributed by atoms with Gasteiger partial charge in [0.15, 0.2) is 0 Å². The number of fused-ring (bicyclic) bond motifs is 1. The van der Waals surface area contributed by atoms with E-state index in [0.717, 1.165) is 19.4 Å². The second kappa shape index (κ2) is 6.25. The Bertz CT molecular complexity index is 565. The summed E-state index contributed by atoms with van der Waals surface area (Å²) in [5.41, 5.74) is 1.41. The predicted molar refractivity (Wildman–Crippen MR) is 86.4 cm³/mol. The van der Waals surface area contributed by atoms with E-state index in [2.05, 4.69) is 48.8 Å². The third-order valence-corrected chi connectivity index (χ3v) is 5.08. The molecule has 1 saturated heterocycles. The van der Waals surface area contributed by atoms with Crippen molar-refractivity contribution < 1.29 is 4.74 Å². The fourth-order valence-corrected chi connectivity index (χ4v) is 4.06. The first-order valence-corrected chi connectivity index (χ1v) is 8.52. The Kier molecular flexibility index (Phi) is 4.39. The molecule has 2 aromatic rings. The summed E-state index contributed by atoms with van der Waals surface area (Å²) in [5.74, 6) is 0. The topological polar surface area (TPSA) is 21.3 Å². The van der Waals surface area contributed by atoms with Crippen molar-refractivity contribution in [1.82, 2.24) is 5.32 Å². The van der Waals surface area contributed by atoms with Gasteiger partial charge in [-0.05, 0) is 55.1 Å². The molecule has 2 heterocycles. The van der Waals surface area contributed by atoms with Crippen molar-refractivity contribution in [2.45, 2.75) is 51.4 Å². The Balaban J connectivity index is 1.91. The fourth-order valence-electron chi connectivity index (χ4n) is 3.06. The highest BCUT2D eigenvalue weighted by molar-refractivity contribution is 7.17. The van der Waals surface area contributed by atoms with Crippen LogP contribution in [-0.4, -0.2) is 18.8 Å². The number of nitrogens with one attached hydrogen (secondary N) is 1. The highest BCUT2D eigenvalue weighted by Gasteiger charge is 2.31. The van der Waals surface area contributed by atoms with Crippen molar-refractivity contribution in [3.05, 3.63) is 35.2 Å². The van der Waals surface area contributed by atoms with Gasteiger partial charge < -0.3 is 10.1 Å². The molecule has 1 aromatic carbocycles. The van der Waals surface area contributed by atoms with Gasteiger partial charge in [-0.3, -0.25) is 0 Å². The molecule has 1 fully saturated rings. The molecular formula is C17H23NOS. The minimum atomic E-state index is 0.314. The van der Waals surface area contributed by atoms with E-state index in [9.17, 15) is 0 Å². The molecule has 1 aliphatic rings. The molecule has 0 radical (unpaired) electrons. The van der Waals surface area contributed by atoms with Gasteiger partial charge in [-0.25, -0.2) is 0 Å². The number of hydrogen-bond acceptors (Lipinski definition) is 3. The van der Waals surface area contributed by atoms with E-state index in [1.165, 1.54) is 22.1 Å². The van der Waals surface area contributed by atoms with E-state index in [4.69, 9.17) is 4.74 Å². The van der Waals surface area contributed by atoms with E-state index < -0.39 is 0 Å². The lowest BCUT2D eigenvalue weighted by Crippen LogP contribution is -2.32. The van der Waals surface area contributed by atoms with Gasteiger partial charge >= 0.3 is 0 Å². The maximum Gasteiger partial charge on any atom is 0.0774 e. The smallest absolute Gasteiger partial charge is 0.0774 e. The third kappa shape index (κ3) is 2.76. The summed E-state index contributed by atoms with van der Waals surface area (Å²) in [6.45, 7) is 5.44. The molecule has 3 unspecified atom stereocenters. The Hall–Kier alpha value is -0.900. The molecule has 1 aromatic heterocycles. The molecule has 3 rings (SSSR count). The maximum atomic E-state index is 6.14. The highest BCUT2D eigenvalue weighted by atomic mass is 32.1. The fraction of sp³-hybridized carbons (Fsp3) is 0.529. The molecule has 1 N–H and O–H groups in total. The summed E-state index contributed by atoms with van der Waals surface area (Å²) in [4.78, 5) is 0. The van der Waals surface area contributed by atoms with Crippen molar-refractivity contribution in [3.8, 4) is 0 Å². The summed E-state index contributed by atoms with van der Waals surface area (Å²) in [5, 5.41) is 7.40. The lowest BCUT2D eigenvalue weighted by atomic mass is 9.98. The van der Waals surface area contributed by atoms with Crippen LogP contribution in [0.3, 0.4) is 0 Å². The Labute approximate surface area is 125 Å². The van der Waals surface area contributed by atoms with Crippen molar-refractivity contribution in [2.24, 2.45) is 0 Å². The minimum absolute atomic E-state index is 0.314. The number of rotatable bonds is 5. The zero-order chi connectivity index (χ0) is 13.9. The van der Waals surface area contributed by atoms with E-state index in [-0.39, 0.29) is 0 Å². The van der Waals surface area contributed by atoms with E-state index in [1.807, 2.05) is 11.3 Å². The SMILES string of the molecule is CCCNC(c1csc2ccccc12)C1CCC(C)O1. The lowest BCUT2D eigenvalue weighted by molar-refractivity contribution is 0.0320. The number of ether oxygens (including phenoxy) is 1. The zero-order valence-electron chi connectivity index (χ0n) is 12.3. The second-order valence-electron chi connectivity index (χ2n) is 5.68. The molecule has 3 atom stereocenters. The third-order valence-electron chi connectivity index (χ3n) is 4.10. The molecule has 108 valence electrons. The van der Waals surface area contributed by atoms with Gasteiger partial charge in [0.1, 0.15) is 0 Å². The van der Waals surface area contributed by atoms with Crippen molar-refractivity contribution in [1.29, 1.82) is 0 Å². The summed E-state index contributed by atoms with van der Waals surface area (Å²) < 4.78 is 7.51. The maximum absolute atomic E-state index is 6.14. The van der Waals surface area contributed by atoms with Crippen LogP contribution < -0.4 is 5.32 Å². The van der Waals surface area contributed by atoms with Crippen LogP contribution in [0.1, 0.15) is 44.7 Å². The van der Waals surface area contributed by atoms with Crippen LogP contribution in [0, 0.1) is 0 Å². The summed E-state index contributed by atoms with van der Waals surface area (Å²) in [6, 6.07) is 9.02. The van der Waals surface area contributed by atoms with E-state index >= 15 is 0 Å². The zero-order valence-corrected chi connectivity index (χ0v) is 13.1. The molecule has 0 saturated carbocycles. The quantitative estimate of drug-likeness (QED) is 0.874. The van der Waals surface area contributed by atoms with Crippen LogP contribution in [0.5, 0.6) is 0 Å². The van der Waals surface area contributed by atoms with Gasteiger partial charge in [-0.2, -0.15) is 0 Å². The Morgan fingerprint density at radius 2 is 2.20 bits per heavy atom. The highest BCUT2D eigenvalue weighted by Crippen LogP contribution is 2.36. The average Bonchev–Trinajstić information content (AvgIpc) is 3.07. The molecule has 0 amide bonds. The van der Waals surface area contributed by atoms with Gasteiger partial charge in [0, 0.05) is 4.70 Å². The predicted octanol–water partition coefficient (Wildman–Crippen LogP) is 4.51. The van der Waals surface area contributed by atoms with Crippen molar-refractivity contribution in [2.75, 3.05) is 6.54 Å². The van der Waals surface area contributed by atoms with Gasteiger partial charge in [0.05, 0.1) is 18.2 Å².